The molecule has 15 heavy (non-hydrogen) atoms. The highest BCUT2D eigenvalue weighted by Crippen LogP contribution is 2.23. The van der Waals surface area contributed by atoms with Crippen molar-refractivity contribution in [3.05, 3.63) is 24.3 Å². The third-order valence-corrected chi connectivity index (χ3v) is 3.59. The smallest absolute Gasteiger partial charge is 0.149 e. The molecule has 0 atom stereocenters. The molecule has 0 aromatic heterocycles. The molecule has 0 radical (unpaired) electrons. The molecule has 0 aliphatic heterocycles. The van der Waals surface area contributed by atoms with Crippen molar-refractivity contribution in [2.75, 3.05) is 11.5 Å². The van der Waals surface area contributed by atoms with Crippen LogP contribution in [0.5, 0.6) is 0 Å². The minimum atomic E-state index is 0.243. The number of thioether (sulfide) groups is 2. The summed E-state index contributed by atoms with van der Waals surface area (Å²) in [5.41, 5.74) is 5.37. The molecule has 1 rings (SSSR count). The number of hydrogen-bond acceptors (Lipinski definition) is 4. The first-order valence-corrected chi connectivity index (χ1v) is 6.55. The Balaban J connectivity index is 2.49. The van der Waals surface area contributed by atoms with Gasteiger partial charge in [-0.3, -0.25) is 0 Å². The molecule has 0 heterocycles. The quantitative estimate of drug-likeness (QED) is 0.274. The van der Waals surface area contributed by atoms with Crippen LogP contribution in [0.25, 0.3) is 0 Å². The maximum Gasteiger partial charge on any atom is 0.149 e. The maximum atomic E-state index is 8.37. The molecule has 0 bridgehead atoms. The molecule has 0 amide bonds. The molecule has 0 saturated carbocycles. The molecule has 0 saturated heterocycles. The first-order valence-electron chi connectivity index (χ1n) is 4.58. The maximum absolute atomic E-state index is 8.37. The fourth-order valence-electron chi connectivity index (χ4n) is 0.985. The average Bonchev–Trinajstić information content (AvgIpc) is 2.28. The fraction of sp³-hybridized carbons (Fsp3) is 0.300. The van der Waals surface area contributed by atoms with Gasteiger partial charge in [0.25, 0.3) is 0 Å². The van der Waals surface area contributed by atoms with Gasteiger partial charge < -0.3 is 10.9 Å². The van der Waals surface area contributed by atoms with E-state index >= 15 is 0 Å². The van der Waals surface area contributed by atoms with Crippen LogP contribution in [-0.2, 0) is 0 Å². The number of oxime groups is 1. The van der Waals surface area contributed by atoms with Gasteiger partial charge in [0.1, 0.15) is 5.84 Å². The van der Waals surface area contributed by atoms with Gasteiger partial charge in [0.2, 0.25) is 0 Å². The zero-order valence-corrected chi connectivity index (χ0v) is 10.1. The van der Waals surface area contributed by atoms with Gasteiger partial charge in [-0.15, -0.1) is 23.5 Å². The third kappa shape index (κ3) is 4.48. The van der Waals surface area contributed by atoms with E-state index in [0.717, 1.165) is 10.6 Å². The topological polar surface area (TPSA) is 58.6 Å². The summed E-state index contributed by atoms with van der Waals surface area (Å²) < 4.78 is 0. The summed E-state index contributed by atoms with van der Waals surface area (Å²) in [6.07, 6.45) is 0. The minimum absolute atomic E-state index is 0.243. The van der Waals surface area contributed by atoms with Crippen LogP contribution in [0.2, 0.25) is 0 Å². The van der Waals surface area contributed by atoms with Crippen molar-refractivity contribution in [1.82, 2.24) is 0 Å². The zero-order valence-electron chi connectivity index (χ0n) is 8.51. The summed E-state index contributed by atoms with van der Waals surface area (Å²) in [7, 11) is 0. The Kier molecular flexibility index (Phi) is 5.42. The SMILES string of the molecule is CCSc1ccc(SC/C(N)=N\O)cc1. The van der Waals surface area contributed by atoms with E-state index in [-0.39, 0.29) is 5.84 Å². The summed E-state index contributed by atoms with van der Waals surface area (Å²) in [6.45, 7) is 2.13. The lowest BCUT2D eigenvalue weighted by molar-refractivity contribution is 0.318. The van der Waals surface area contributed by atoms with E-state index in [2.05, 4.69) is 24.2 Å². The van der Waals surface area contributed by atoms with E-state index in [9.17, 15) is 0 Å². The van der Waals surface area contributed by atoms with Gasteiger partial charge in [0.05, 0.1) is 5.75 Å². The Labute approximate surface area is 98.1 Å². The van der Waals surface area contributed by atoms with Crippen LogP contribution in [-0.4, -0.2) is 22.5 Å². The Bertz CT molecular complexity index is 325. The number of nitrogens with zero attached hydrogens (tertiary/aromatic N) is 1. The highest BCUT2D eigenvalue weighted by Gasteiger charge is 1.97. The molecule has 5 heteroatoms. The molecule has 0 aliphatic rings. The Morgan fingerprint density at radius 2 is 1.80 bits per heavy atom. The Morgan fingerprint density at radius 1 is 1.27 bits per heavy atom. The zero-order chi connectivity index (χ0) is 11.1. The predicted molar refractivity (Wildman–Crippen MR) is 67.0 cm³/mol. The van der Waals surface area contributed by atoms with Gasteiger partial charge in [0.15, 0.2) is 0 Å². The second-order valence-electron chi connectivity index (χ2n) is 2.78. The number of nitrogens with two attached hydrogens (primary N) is 1. The predicted octanol–water partition coefficient (Wildman–Crippen LogP) is 2.64. The number of benzene rings is 1. The van der Waals surface area contributed by atoms with E-state index < -0.39 is 0 Å². The first-order chi connectivity index (χ1) is 7.26. The second kappa shape index (κ2) is 6.63. The van der Waals surface area contributed by atoms with Crippen LogP contribution >= 0.6 is 23.5 Å². The van der Waals surface area contributed by atoms with E-state index in [1.165, 1.54) is 4.90 Å². The monoisotopic (exact) mass is 242 g/mol. The molecule has 1 aromatic carbocycles. The van der Waals surface area contributed by atoms with E-state index in [1.54, 1.807) is 11.8 Å². The molecular formula is C10H14N2OS2. The van der Waals surface area contributed by atoms with E-state index in [1.807, 2.05) is 23.9 Å². The average molecular weight is 242 g/mol. The normalized spacial score (nSPS) is 11.7. The molecular weight excluding hydrogens is 228 g/mol. The van der Waals surface area contributed by atoms with Gasteiger partial charge in [-0.05, 0) is 30.0 Å². The minimum Gasteiger partial charge on any atom is -0.409 e. The first kappa shape index (κ1) is 12.3. The van der Waals surface area contributed by atoms with Crippen molar-refractivity contribution in [3.63, 3.8) is 0 Å². The molecule has 0 aliphatic carbocycles. The van der Waals surface area contributed by atoms with Crippen LogP contribution in [0.1, 0.15) is 6.92 Å². The van der Waals surface area contributed by atoms with Crippen LogP contribution in [0.3, 0.4) is 0 Å². The summed E-state index contributed by atoms with van der Waals surface area (Å²) in [4.78, 5) is 2.40. The summed E-state index contributed by atoms with van der Waals surface area (Å²) in [5, 5.41) is 11.3. The van der Waals surface area contributed by atoms with Gasteiger partial charge in [-0.2, -0.15) is 0 Å². The van der Waals surface area contributed by atoms with Gasteiger partial charge >= 0.3 is 0 Å². The number of amidine groups is 1. The standard InChI is InChI=1S/C10H14N2OS2/c1-2-14-8-3-5-9(6-4-8)15-7-10(11)12-13/h3-6,13H,2,7H2,1H3,(H2,11,12). The number of rotatable bonds is 5. The Hall–Kier alpha value is -0.810. The van der Waals surface area contributed by atoms with Crippen molar-refractivity contribution in [3.8, 4) is 0 Å². The molecule has 0 spiro atoms. The lowest BCUT2D eigenvalue weighted by atomic mass is 10.4. The molecule has 0 unspecified atom stereocenters. The largest absolute Gasteiger partial charge is 0.409 e. The van der Waals surface area contributed by atoms with Crippen molar-refractivity contribution >= 4 is 29.4 Å². The van der Waals surface area contributed by atoms with Crippen molar-refractivity contribution in [1.29, 1.82) is 0 Å². The van der Waals surface area contributed by atoms with Crippen LogP contribution in [0.15, 0.2) is 39.2 Å². The lowest BCUT2D eigenvalue weighted by Crippen LogP contribution is -2.13. The van der Waals surface area contributed by atoms with Crippen LogP contribution in [0, 0.1) is 0 Å². The molecule has 0 fully saturated rings. The van der Waals surface area contributed by atoms with Gasteiger partial charge in [-0.25, -0.2) is 0 Å². The number of hydrogen-bond donors (Lipinski definition) is 2. The van der Waals surface area contributed by atoms with Crippen molar-refractivity contribution in [2.45, 2.75) is 16.7 Å². The van der Waals surface area contributed by atoms with E-state index in [0.29, 0.717) is 5.75 Å². The van der Waals surface area contributed by atoms with Crippen molar-refractivity contribution in [2.24, 2.45) is 10.9 Å². The van der Waals surface area contributed by atoms with Gasteiger partial charge in [0, 0.05) is 9.79 Å². The van der Waals surface area contributed by atoms with Crippen LogP contribution < -0.4 is 5.73 Å². The van der Waals surface area contributed by atoms with Gasteiger partial charge in [-0.1, -0.05) is 12.1 Å². The molecule has 3 nitrogen and oxygen atoms in total. The third-order valence-electron chi connectivity index (χ3n) is 1.65. The summed E-state index contributed by atoms with van der Waals surface area (Å²) >= 11 is 3.37. The summed E-state index contributed by atoms with van der Waals surface area (Å²) in [5.74, 6) is 1.83. The Morgan fingerprint density at radius 3 is 2.27 bits per heavy atom. The van der Waals surface area contributed by atoms with E-state index in [4.69, 9.17) is 10.9 Å². The molecule has 3 N–H and O–H groups in total. The highest BCUT2D eigenvalue weighted by molar-refractivity contribution is 8.00. The van der Waals surface area contributed by atoms with Crippen molar-refractivity contribution < 1.29 is 5.21 Å². The fourth-order valence-corrected chi connectivity index (χ4v) is 2.35. The lowest BCUT2D eigenvalue weighted by Gasteiger charge is -2.02. The van der Waals surface area contributed by atoms with Crippen LogP contribution in [0.4, 0.5) is 0 Å². The molecule has 82 valence electrons. The molecule has 1 aromatic rings. The highest BCUT2D eigenvalue weighted by atomic mass is 32.2. The summed E-state index contributed by atoms with van der Waals surface area (Å²) in [6, 6.07) is 8.27. The second-order valence-corrected chi connectivity index (χ2v) is 5.17.